The van der Waals surface area contributed by atoms with Gasteiger partial charge in [0.25, 0.3) is 0 Å². The molecule has 2 aromatic carbocycles. The van der Waals surface area contributed by atoms with Crippen molar-refractivity contribution in [2.24, 2.45) is 11.8 Å². The second-order valence-electron chi connectivity index (χ2n) is 6.56. The second kappa shape index (κ2) is 5.88. The molecule has 3 rings (SSSR count). The summed E-state index contributed by atoms with van der Waals surface area (Å²) in [5.41, 5.74) is 1.14. The fourth-order valence-corrected chi connectivity index (χ4v) is 3.59. The highest BCUT2D eigenvalue weighted by Crippen LogP contribution is 2.23. The van der Waals surface area contributed by atoms with Crippen LogP contribution in [0.15, 0.2) is 42.5 Å². The Balaban J connectivity index is 1.80. The van der Waals surface area contributed by atoms with Crippen LogP contribution in [-0.2, 0) is 11.2 Å². The molecule has 2 aromatic rings. The SMILES string of the molecule is C[C@@H]1C[C@@H](C)CN(C(=O)Cc2cccc3ccccc23)C1. The molecule has 0 aromatic heterocycles. The number of carbonyl (C=O) groups excluding carboxylic acids is 1. The summed E-state index contributed by atoms with van der Waals surface area (Å²) < 4.78 is 0. The number of likely N-dealkylation sites (tertiary alicyclic amines) is 1. The summed E-state index contributed by atoms with van der Waals surface area (Å²) in [6.07, 6.45) is 1.75. The van der Waals surface area contributed by atoms with Gasteiger partial charge in [0.2, 0.25) is 5.91 Å². The van der Waals surface area contributed by atoms with Gasteiger partial charge in [-0.3, -0.25) is 4.79 Å². The van der Waals surface area contributed by atoms with Crippen molar-refractivity contribution < 1.29 is 4.79 Å². The van der Waals surface area contributed by atoms with Gasteiger partial charge in [0.05, 0.1) is 6.42 Å². The molecule has 1 aliphatic heterocycles. The largest absolute Gasteiger partial charge is 0.342 e. The van der Waals surface area contributed by atoms with E-state index in [9.17, 15) is 4.79 Å². The Labute approximate surface area is 126 Å². The van der Waals surface area contributed by atoms with Crippen LogP contribution in [0, 0.1) is 11.8 Å². The molecule has 0 bridgehead atoms. The molecule has 21 heavy (non-hydrogen) atoms. The molecule has 1 saturated heterocycles. The first-order valence-corrected chi connectivity index (χ1v) is 7.88. The first-order valence-electron chi connectivity index (χ1n) is 7.88. The molecule has 1 fully saturated rings. The van der Waals surface area contributed by atoms with Gasteiger partial charge in [-0.15, -0.1) is 0 Å². The minimum absolute atomic E-state index is 0.268. The van der Waals surface area contributed by atoms with Crippen LogP contribution in [-0.4, -0.2) is 23.9 Å². The van der Waals surface area contributed by atoms with Crippen LogP contribution in [0.4, 0.5) is 0 Å². The van der Waals surface area contributed by atoms with Crippen LogP contribution in [0.1, 0.15) is 25.8 Å². The highest BCUT2D eigenvalue weighted by atomic mass is 16.2. The zero-order valence-corrected chi connectivity index (χ0v) is 12.9. The molecule has 0 radical (unpaired) electrons. The lowest BCUT2D eigenvalue weighted by Gasteiger charge is -2.35. The van der Waals surface area contributed by atoms with E-state index in [2.05, 4.69) is 43.0 Å². The van der Waals surface area contributed by atoms with E-state index in [1.807, 2.05) is 18.2 Å². The minimum Gasteiger partial charge on any atom is -0.342 e. The zero-order chi connectivity index (χ0) is 14.8. The maximum Gasteiger partial charge on any atom is 0.227 e. The van der Waals surface area contributed by atoms with Crippen molar-refractivity contribution in [1.82, 2.24) is 4.90 Å². The van der Waals surface area contributed by atoms with Gasteiger partial charge in [0.1, 0.15) is 0 Å². The summed E-state index contributed by atoms with van der Waals surface area (Å²) >= 11 is 0. The number of rotatable bonds is 2. The molecule has 2 heteroatoms. The van der Waals surface area contributed by atoms with Crippen molar-refractivity contribution in [3.63, 3.8) is 0 Å². The first kappa shape index (κ1) is 14.1. The van der Waals surface area contributed by atoms with Crippen LogP contribution in [0.5, 0.6) is 0 Å². The average Bonchev–Trinajstić information content (AvgIpc) is 2.46. The quantitative estimate of drug-likeness (QED) is 0.818. The summed E-state index contributed by atoms with van der Waals surface area (Å²) in [4.78, 5) is 14.7. The molecule has 110 valence electrons. The van der Waals surface area contributed by atoms with Crippen molar-refractivity contribution in [2.75, 3.05) is 13.1 Å². The van der Waals surface area contributed by atoms with Gasteiger partial charge in [-0.25, -0.2) is 0 Å². The molecular weight excluding hydrogens is 258 g/mol. The number of amides is 1. The van der Waals surface area contributed by atoms with E-state index in [0.717, 1.165) is 18.7 Å². The highest BCUT2D eigenvalue weighted by Gasteiger charge is 2.25. The number of benzene rings is 2. The predicted molar refractivity (Wildman–Crippen MR) is 87.2 cm³/mol. The number of fused-ring (bicyclic) bond motifs is 1. The third kappa shape index (κ3) is 3.10. The summed E-state index contributed by atoms with van der Waals surface area (Å²) in [6, 6.07) is 14.5. The Bertz CT molecular complexity index is 634. The standard InChI is InChI=1S/C19H23NO/c1-14-10-15(2)13-20(12-14)19(21)11-17-8-5-7-16-6-3-4-9-18(16)17/h3-9,14-15H,10-13H2,1-2H3/t14-,15-/m1/s1. The van der Waals surface area contributed by atoms with E-state index < -0.39 is 0 Å². The lowest BCUT2D eigenvalue weighted by Crippen LogP contribution is -2.43. The van der Waals surface area contributed by atoms with Gasteiger partial charge in [0.15, 0.2) is 0 Å². The number of hydrogen-bond acceptors (Lipinski definition) is 1. The summed E-state index contributed by atoms with van der Waals surface area (Å²) in [5, 5.41) is 2.41. The van der Waals surface area contributed by atoms with Crippen LogP contribution in [0.2, 0.25) is 0 Å². The number of piperidine rings is 1. The Kier molecular flexibility index (Phi) is 3.96. The van der Waals surface area contributed by atoms with E-state index in [4.69, 9.17) is 0 Å². The topological polar surface area (TPSA) is 20.3 Å². The third-order valence-corrected chi connectivity index (χ3v) is 4.44. The Morgan fingerprint density at radius 3 is 2.48 bits per heavy atom. The fourth-order valence-electron chi connectivity index (χ4n) is 3.59. The van der Waals surface area contributed by atoms with Crippen molar-refractivity contribution >= 4 is 16.7 Å². The predicted octanol–water partition coefficient (Wildman–Crippen LogP) is 3.89. The van der Waals surface area contributed by atoms with E-state index in [1.54, 1.807) is 0 Å². The van der Waals surface area contributed by atoms with Crippen molar-refractivity contribution in [1.29, 1.82) is 0 Å². The third-order valence-electron chi connectivity index (χ3n) is 4.44. The van der Waals surface area contributed by atoms with Gasteiger partial charge < -0.3 is 4.90 Å². The van der Waals surface area contributed by atoms with Gasteiger partial charge in [-0.05, 0) is 34.6 Å². The van der Waals surface area contributed by atoms with E-state index >= 15 is 0 Å². The fraction of sp³-hybridized carbons (Fsp3) is 0.421. The lowest BCUT2D eigenvalue weighted by molar-refractivity contribution is -0.133. The van der Waals surface area contributed by atoms with Gasteiger partial charge >= 0.3 is 0 Å². The first-order chi connectivity index (χ1) is 10.1. The van der Waals surface area contributed by atoms with Crippen LogP contribution < -0.4 is 0 Å². The average molecular weight is 281 g/mol. The smallest absolute Gasteiger partial charge is 0.227 e. The van der Waals surface area contributed by atoms with Gasteiger partial charge in [-0.2, -0.15) is 0 Å². The monoisotopic (exact) mass is 281 g/mol. The van der Waals surface area contributed by atoms with E-state index in [-0.39, 0.29) is 5.91 Å². The number of nitrogens with zero attached hydrogens (tertiary/aromatic N) is 1. The molecule has 1 amide bonds. The highest BCUT2D eigenvalue weighted by molar-refractivity contribution is 5.90. The maximum absolute atomic E-state index is 12.6. The second-order valence-corrected chi connectivity index (χ2v) is 6.56. The molecule has 0 spiro atoms. The van der Waals surface area contributed by atoms with Gasteiger partial charge in [-0.1, -0.05) is 56.3 Å². The molecule has 2 nitrogen and oxygen atoms in total. The van der Waals surface area contributed by atoms with E-state index in [0.29, 0.717) is 18.3 Å². The molecule has 2 atom stereocenters. The zero-order valence-electron chi connectivity index (χ0n) is 12.9. The van der Waals surface area contributed by atoms with Crippen LogP contribution >= 0.6 is 0 Å². The number of carbonyl (C=O) groups is 1. The normalized spacial score (nSPS) is 22.5. The molecule has 1 aliphatic rings. The Morgan fingerprint density at radius 2 is 1.71 bits per heavy atom. The molecular formula is C19H23NO. The molecule has 1 heterocycles. The van der Waals surface area contributed by atoms with Gasteiger partial charge in [0, 0.05) is 13.1 Å². The number of hydrogen-bond donors (Lipinski definition) is 0. The van der Waals surface area contributed by atoms with Crippen molar-refractivity contribution in [2.45, 2.75) is 26.7 Å². The lowest BCUT2D eigenvalue weighted by atomic mass is 9.91. The van der Waals surface area contributed by atoms with Crippen molar-refractivity contribution in [3.8, 4) is 0 Å². The maximum atomic E-state index is 12.6. The van der Waals surface area contributed by atoms with Crippen molar-refractivity contribution in [3.05, 3.63) is 48.0 Å². The summed E-state index contributed by atoms with van der Waals surface area (Å²) in [6.45, 7) is 6.31. The molecule has 0 unspecified atom stereocenters. The molecule has 0 saturated carbocycles. The Morgan fingerprint density at radius 1 is 1.05 bits per heavy atom. The molecule has 0 N–H and O–H groups in total. The van der Waals surface area contributed by atoms with Crippen LogP contribution in [0.3, 0.4) is 0 Å². The Hall–Kier alpha value is -1.83. The van der Waals surface area contributed by atoms with Crippen LogP contribution in [0.25, 0.3) is 10.8 Å². The molecule has 0 aliphatic carbocycles. The summed E-state index contributed by atoms with van der Waals surface area (Å²) in [7, 11) is 0. The summed E-state index contributed by atoms with van der Waals surface area (Å²) in [5.74, 6) is 1.50. The van der Waals surface area contributed by atoms with E-state index in [1.165, 1.54) is 17.2 Å². The minimum atomic E-state index is 0.268.